The molecule has 0 radical (unpaired) electrons. The fourth-order valence-electron chi connectivity index (χ4n) is 3.87. The summed E-state index contributed by atoms with van der Waals surface area (Å²) in [4.78, 5) is 15.5. The second-order valence-corrected chi connectivity index (χ2v) is 7.05. The van der Waals surface area contributed by atoms with E-state index in [-0.39, 0.29) is 11.7 Å². The van der Waals surface area contributed by atoms with Gasteiger partial charge >= 0.3 is 0 Å². The van der Waals surface area contributed by atoms with Crippen LogP contribution in [0.4, 0.5) is 0 Å². The summed E-state index contributed by atoms with van der Waals surface area (Å²) in [6.45, 7) is 2.37. The molecular formula is C21H23N3O4. The Hall–Kier alpha value is -2.93. The van der Waals surface area contributed by atoms with Gasteiger partial charge in [-0.05, 0) is 53.5 Å². The Bertz CT molecular complexity index is 985. The molecule has 2 aromatic carbocycles. The van der Waals surface area contributed by atoms with Crippen LogP contribution >= 0.6 is 0 Å². The Morgan fingerprint density at radius 3 is 2.93 bits per heavy atom. The smallest absolute Gasteiger partial charge is 0.170 e. The number of fused-ring (bicyclic) bond motifs is 1. The Morgan fingerprint density at radius 2 is 2.11 bits per heavy atom. The van der Waals surface area contributed by atoms with Gasteiger partial charge in [0.2, 0.25) is 0 Å². The minimum absolute atomic E-state index is 0.0642. The van der Waals surface area contributed by atoms with E-state index in [1.165, 1.54) is 0 Å². The molecule has 7 nitrogen and oxygen atoms in total. The van der Waals surface area contributed by atoms with E-state index >= 15 is 0 Å². The van der Waals surface area contributed by atoms with Gasteiger partial charge in [-0.15, -0.1) is 0 Å². The van der Waals surface area contributed by atoms with Crippen LogP contribution in [0.25, 0.3) is 11.0 Å². The third-order valence-electron chi connectivity index (χ3n) is 5.31. The van der Waals surface area contributed by atoms with E-state index in [0.29, 0.717) is 23.6 Å². The highest BCUT2D eigenvalue weighted by Gasteiger charge is 2.29. The van der Waals surface area contributed by atoms with Crippen molar-refractivity contribution in [2.75, 3.05) is 27.3 Å². The molecule has 0 aliphatic carbocycles. The molecule has 28 heavy (non-hydrogen) atoms. The molecule has 1 aromatic heterocycles. The van der Waals surface area contributed by atoms with Gasteiger partial charge < -0.3 is 9.47 Å². The van der Waals surface area contributed by atoms with Crippen molar-refractivity contribution < 1.29 is 18.9 Å². The monoisotopic (exact) mass is 381 g/mol. The SMILES string of the molecule is COc1ccc(C(=O)C2CCCN(Cc3cccc4nonc34)C2)c(OC)c1. The van der Waals surface area contributed by atoms with E-state index in [0.717, 1.165) is 42.5 Å². The maximum atomic E-state index is 13.2. The van der Waals surface area contributed by atoms with Gasteiger partial charge in [-0.1, -0.05) is 12.1 Å². The maximum absolute atomic E-state index is 13.2. The Morgan fingerprint density at radius 1 is 1.21 bits per heavy atom. The van der Waals surface area contributed by atoms with Crippen molar-refractivity contribution in [3.05, 3.63) is 47.5 Å². The van der Waals surface area contributed by atoms with Gasteiger partial charge in [0.15, 0.2) is 5.78 Å². The van der Waals surface area contributed by atoms with Gasteiger partial charge in [0.1, 0.15) is 22.5 Å². The van der Waals surface area contributed by atoms with E-state index in [9.17, 15) is 4.79 Å². The summed E-state index contributed by atoms with van der Waals surface area (Å²) in [6.07, 6.45) is 1.85. The van der Waals surface area contributed by atoms with Crippen LogP contribution < -0.4 is 9.47 Å². The summed E-state index contributed by atoms with van der Waals surface area (Å²) in [5.41, 5.74) is 3.21. The van der Waals surface area contributed by atoms with E-state index in [2.05, 4.69) is 15.2 Å². The van der Waals surface area contributed by atoms with Gasteiger partial charge in [-0.25, -0.2) is 4.63 Å². The normalized spacial score (nSPS) is 17.6. The van der Waals surface area contributed by atoms with Crippen molar-refractivity contribution in [3.63, 3.8) is 0 Å². The first kappa shape index (κ1) is 18.4. The first-order valence-electron chi connectivity index (χ1n) is 9.38. The number of benzene rings is 2. The number of hydrogen-bond donors (Lipinski definition) is 0. The molecule has 0 saturated carbocycles. The highest BCUT2D eigenvalue weighted by Crippen LogP contribution is 2.30. The van der Waals surface area contributed by atoms with Crippen molar-refractivity contribution in [1.29, 1.82) is 0 Å². The lowest BCUT2D eigenvalue weighted by molar-refractivity contribution is 0.0809. The standard InChI is InChI=1S/C21H23N3O4/c1-26-16-8-9-17(19(11-16)27-2)21(25)15-6-4-10-24(13-15)12-14-5-3-7-18-20(14)23-28-22-18/h3,5,7-9,11,15H,4,6,10,12-13H2,1-2H3. The number of Topliss-reactive ketones (excluding diaryl/α,β-unsaturated/α-hetero) is 1. The van der Waals surface area contributed by atoms with Crippen LogP contribution in [0, 0.1) is 5.92 Å². The summed E-state index contributed by atoms with van der Waals surface area (Å²) in [7, 11) is 3.17. The minimum Gasteiger partial charge on any atom is -0.497 e. The summed E-state index contributed by atoms with van der Waals surface area (Å²) in [6, 6.07) is 11.2. The third kappa shape index (κ3) is 3.57. The summed E-state index contributed by atoms with van der Waals surface area (Å²) < 4.78 is 15.5. The van der Waals surface area contributed by atoms with Gasteiger partial charge in [-0.3, -0.25) is 9.69 Å². The van der Waals surface area contributed by atoms with Gasteiger partial charge in [0.25, 0.3) is 0 Å². The molecule has 1 aliphatic rings. The number of rotatable bonds is 6. The molecule has 4 rings (SSSR count). The fraction of sp³-hybridized carbons (Fsp3) is 0.381. The maximum Gasteiger partial charge on any atom is 0.170 e. The topological polar surface area (TPSA) is 77.7 Å². The van der Waals surface area contributed by atoms with Crippen LogP contribution in [-0.4, -0.2) is 48.3 Å². The number of carbonyl (C=O) groups is 1. The zero-order valence-corrected chi connectivity index (χ0v) is 16.1. The Kier molecular flexibility index (Phi) is 5.25. The number of carbonyl (C=O) groups excluding carboxylic acids is 1. The third-order valence-corrected chi connectivity index (χ3v) is 5.31. The summed E-state index contributed by atoms with van der Waals surface area (Å²) in [5.74, 6) is 1.28. The number of nitrogens with zero attached hydrogens (tertiary/aromatic N) is 3. The molecule has 0 amide bonds. The van der Waals surface area contributed by atoms with Crippen LogP contribution in [-0.2, 0) is 6.54 Å². The minimum atomic E-state index is -0.0642. The van der Waals surface area contributed by atoms with Gasteiger partial charge in [0, 0.05) is 25.1 Å². The van der Waals surface area contributed by atoms with Crippen LogP contribution in [0.2, 0.25) is 0 Å². The molecule has 1 aliphatic heterocycles. The molecule has 0 N–H and O–H groups in total. The highest BCUT2D eigenvalue weighted by atomic mass is 16.6. The molecule has 0 bridgehead atoms. The zero-order chi connectivity index (χ0) is 19.5. The number of piperidine rings is 1. The molecule has 2 heterocycles. The van der Waals surface area contributed by atoms with Crippen LogP contribution in [0.1, 0.15) is 28.8 Å². The van der Waals surface area contributed by atoms with E-state index in [1.54, 1.807) is 32.4 Å². The number of ketones is 1. The van der Waals surface area contributed by atoms with Gasteiger partial charge in [0.05, 0.1) is 19.8 Å². The highest BCUT2D eigenvalue weighted by molar-refractivity contribution is 6.00. The average molecular weight is 381 g/mol. The van der Waals surface area contributed by atoms with Crippen LogP contribution in [0.5, 0.6) is 11.5 Å². The lowest BCUT2D eigenvalue weighted by atomic mass is 9.89. The molecule has 146 valence electrons. The lowest BCUT2D eigenvalue weighted by Gasteiger charge is -2.32. The largest absolute Gasteiger partial charge is 0.497 e. The molecule has 3 aromatic rings. The molecule has 1 fully saturated rings. The second kappa shape index (κ2) is 7.98. The van der Waals surface area contributed by atoms with E-state index < -0.39 is 0 Å². The fourth-order valence-corrected chi connectivity index (χ4v) is 3.87. The molecular weight excluding hydrogens is 358 g/mol. The predicted molar refractivity (Wildman–Crippen MR) is 104 cm³/mol. The van der Waals surface area contributed by atoms with Crippen molar-refractivity contribution in [2.24, 2.45) is 5.92 Å². The average Bonchev–Trinajstić information content (AvgIpc) is 3.23. The summed E-state index contributed by atoms with van der Waals surface area (Å²) in [5, 5.41) is 7.92. The van der Waals surface area contributed by atoms with E-state index in [1.807, 2.05) is 18.2 Å². The van der Waals surface area contributed by atoms with Crippen molar-refractivity contribution >= 4 is 16.8 Å². The van der Waals surface area contributed by atoms with Crippen molar-refractivity contribution in [2.45, 2.75) is 19.4 Å². The first-order chi connectivity index (χ1) is 13.7. The summed E-state index contributed by atoms with van der Waals surface area (Å²) >= 11 is 0. The van der Waals surface area contributed by atoms with E-state index in [4.69, 9.17) is 14.1 Å². The van der Waals surface area contributed by atoms with Gasteiger partial charge in [-0.2, -0.15) is 0 Å². The van der Waals surface area contributed by atoms with Crippen molar-refractivity contribution in [3.8, 4) is 11.5 Å². The molecule has 1 unspecified atom stereocenters. The quantitative estimate of drug-likeness (QED) is 0.606. The zero-order valence-electron chi connectivity index (χ0n) is 16.1. The number of aromatic nitrogens is 2. The first-order valence-corrected chi connectivity index (χ1v) is 9.38. The number of hydrogen-bond acceptors (Lipinski definition) is 7. The number of likely N-dealkylation sites (tertiary alicyclic amines) is 1. The molecule has 1 saturated heterocycles. The lowest BCUT2D eigenvalue weighted by Crippen LogP contribution is -2.38. The van der Waals surface area contributed by atoms with Crippen molar-refractivity contribution in [1.82, 2.24) is 15.2 Å². The molecule has 0 spiro atoms. The van der Waals surface area contributed by atoms with Crippen LogP contribution in [0.15, 0.2) is 41.0 Å². The Labute approximate surface area is 163 Å². The molecule has 1 atom stereocenters. The van der Waals surface area contributed by atoms with Crippen LogP contribution in [0.3, 0.4) is 0 Å². The number of ether oxygens (including phenoxy) is 2. The Balaban J connectivity index is 1.51. The predicted octanol–water partition coefficient (Wildman–Crippen LogP) is 3.33. The molecule has 7 heteroatoms. The number of methoxy groups -OCH3 is 2. The second-order valence-electron chi connectivity index (χ2n) is 7.05.